The molecule has 5 heterocycles. The summed E-state index contributed by atoms with van der Waals surface area (Å²) < 4.78 is 60.7. The Morgan fingerprint density at radius 3 is 1.71 bits per heavy atom. The van der Waals surface area contributed by atoms with Crippen LogP contribution in [0.15, 0.2) is 75.8 Å². The highest BCUT2D eigenvalue weighted by Gasteiger charge is 2.38. The number of sulfonamides is 2. The zero-order valence-electron chi connectivity index (χ0n) is 35.6. The lowest BCUT2D eigenvalue weighted by molar-refractivity contribution is -0.120. The molecule has 19 heteroatoms. The lowest BCUT2D eigenvalue weighted by Crippen LogP contribution is -2.42. The number of nitrogen functional groups attached to an aromatic ring is 1. The van der Waals surface area contributed by atoms with Crippen LogP contribution >= 0.6 is 0 Å². The molecule has 3 aromatic carbocycles. The number of nitrogens with two attached hydrogens (primary N) is 1. The van der Waals surface area contributed by atoms with Gasteiger partial charge in [0.25, 0.3) is 0 Å². The number of carbonyl (C=O) groups excluding carboxylic acids is 2. The number of amides is 2. The molecular formula is C43H53N9O8S2. The molecule has 2 amide bonds. The Hall–Kier alpha value is -5.76. The smallest absolute Gasteiger partial charge is 0.247 e. The summed E-state index contributed by atoms with van der Waals surface area (Å²) in [5.74, 6) is 1.04. The highest BCUT2D eigenvalue weighted by molar-refractivity contribution is 7.88. The van der Waals surface area contributed by atoms with Crippen molar-refractivity contribution in [3.8, 4) is 22.3 Å². The van der Waals surface area contributed by atoms with E-state index in [4.69, 9.17) is 14.8 Å². The molecule has 17 nitrogen and oxygen atoms in total. The predicted molar refractivity (Wildman–Crippen MR) is 240 cm³/mol. The second kappa shape index (κ2) is 17.9. The third-order valence-corrected chi connectivity index (χ3v) is 14.0. The standard InChI is InChI=1S/C27H31N5O5S.C16H22N4O3S/c1-17-26(18(2)37-30-17)19-9-10-22(28-20-13-14-31(16-20)38(3,35)36)23(15-19)29-27(34)24-11-12-25(33)32(24)21-7-5-4-6-8-21;1-10-16(11(2)23-19-10)12-4-5-15(14(17)8-12)18-13-6-7-20(9-13)24(3,21)22/h4-10,15,20,24,28H,11-14,16H2,1-3H3,(H,29,34);4-5,8,13,18H,6-7,9,17H2,1-3H3/t20-,24?;13-/m11/s1. The Morgan fingerprint density at radius 1 is 0.710 bits per heavy atom. The number of anilines is 5. The van der Waals surface area contributed by atoms with E-state index >= 15 is 0 Å². The molecule has 5 aromatic rings. The van der Waals surface area contributed by atoms with E-state index in [1.807, 2.05) is 94.4 Å². The summed E-state index contributed by atoms with van der Waals surface area (Å²) in [5, 5.41) is 17.8. The molecule has 3 aliphatic rings. The minimum absolute atomic E-state index is 0.0620. The summed E-state index contributed by atoms with van der Waals surface area (Å²) in [5.41, 5.74) is 14.6. The first-order chi connectivity index (χ1) is 29.4. The van der Waals surface area contributed by atoms with Crippen LogP contribution < -0.4 is 26.6 Å². The van der Waals surface area contributed by atoms with E-state index in [-0.39, 0.29) is 23.9 Å². The molecule has 3 saturated heterocycles. The molecular weight excluding hydrogens is 835 g/mol. The lowest BCUT2D eigenvalue weighted by Gasteiger charge is -2.25. The lowest BCUT2D eigenvalue weighted by atomic mass is 10.0. The third kappa shape index (κ3) is 9.80. The minimum atomic E-state index is -3.28. The number of para-hydroxylation sites is 1. The Labute approximate surface area is 362 Å². The van der Waals surface area contributed by atoms with Gasteiger partial charge in [-0.15, -0.1) is 0 Å². The van der Waals surface area contributed by atoms with Crippen LogP contribution in [0.1, 0.15) is 48.6 Å². The summed E-state index contributed by atoms with van der Waals surface area (Å²) in [7, 11) is -6.42. The fraction of sp³-hybridized carbons (Fsp3) is 0.395. The van der Waals surface area contributed by atoms with E-state index in [2.05, 4.69) is 26.3 Å². The summed E-state index contributed by atoms with van der Waals surface area (Å²) >= 11 is 0. The third-order valence-electron chi connectivity index (χ3n) is 11.5. The summed E-state index contributed by atoms with van der Waals surface area (Å²) in [6.45, 7) is 9.23. The van der Waals surface area contributed by atoms with Crippen LogP contribution in [0.2, 0.25) is 0 Å². The monoisotopic (exact) mass is 887 g/mol. The maximum atomic E-state index is 13.6. The molecule has 2 aromatic heterocycles. The molecule has 3 atom stereocenters. The maximum Gasteiger partial charge on any atom is 0.247 e. The number of rotatable bonds is 11. The highest BCUT2D eigenvalue weighted by Crippen LogP contribution is 2.36. The van der Waals surface area contributed by atoms with Gasteiger partial charge in [0, 0.05) is 61.5 Å². The number of nitrogens with one attached hydrogen (secondary N) is 3. The van der Waals surface area contributed by atoms with Gasteiger partial charge in [0.05, 0.1) is 46.6 Å². The van der Waals surface area contributed by atoms with Crippen LogP contribution in [0.5, 0.6) is 0 Å². The fourth-order valence-corrected chi connectivity index (χ4v) is 10.1. The summed E-state index contributed by atoms with van der Waals surface area (Å²) in [6, 6.07) is 19.9. The summed E-state index contributed by atoms with van der Waals surface area (Å²) in [4.78, 5) is 27.9. The molecule has 5 N–H and O–H groups in total. The van der Waals surface area contributed by atoms with Crippen LogP contribution in [0.3, 0.4) is 0 Å². The Bertz CT molecular complexity index is 2650. The van der Waals surface area contributed by atoms with Crippen LogP contribution in [0, 0.1) is 27.7 Å². The molecule has 62 heavy (non-hydrogen) atoms. The molecule has 330 valence electrons. The molecule has 0 bridgehead atoms. The number of nitrogens with zero attached hydrogens (tertiary/aromatic N) is 5. The number of hydrogen-bond donors (Lipinski definition) is 4. The quantitative estimate of drug-likeness (QED) is 0.120. The maximum absolute atomic E-state index is 13.6. The molecule has 3 aliphatic heterocycles. The largest absolute Gasteiger partial charge is 0.397 e. The van der Waals surface area contributed by atoms with Crippen LogP contribution in [-0.2, 0) is 29.6 Å². The van der Waals surface area contributed by atoms with Gasteiger partial charge in [0.1, 0.15) is 17.6 Å². The van der Waals surface area contributed by atoms with Gasteiger partial charge in [-0.25, -0.2) is 25.4 Å². The molecule has 0 radical (unpaired) electrons. The van der Waals surface area contributed by atoms with E-state index < -0.39 is 26.1 Å². The number of benzene rings is 3. The van der Waals surface area contributed by atoms with Crippen LogP contribution in [0.4, 0.5) is 28.4 Å². The van der Waals surface area contributed by atoms with E-state index in [1.165, 1.54) is 21.1 Å². The number of carbonyl (C=O) groups is 2. The molecule has 8 rings (SSSR count). The van der Waals surface area contributed by atoms with Crippen LogP contribution in [-0.4, -0.2) is 104 Å². The summed E-state index contributed by atoms with van der Waals surface area (Å²) in [6.07, 6.45) is 4.56. The second-order valence-electron chi connectivity index (χ2n) is 16.1. The molecule has 0 spiro atoms. The zero-order chi connectivity index (χ0) is 44.5. The van der Waals surface area contributed by atoms with Gasteiger partial charge >= 0.3 is 0 Å². The molecule has 3 fully saturated rings. The first kappa shape index (κ1) is 44.3. The number of aryl methyl sites for hydroxylation is 4. The van der Waals surface area contributed by atoms with Crippen molar-refractivity contribution in [2.24, 2.45) is 0 Å². The van der Waals surface area contributed by atoms with Crippen molar-refractivity contribution in [1.29, 1.82) is 0 Å². The Balaban J connectivity index is 0.000000207. The number of hydrogen-bond acceptors (Lipinski definition) is 13. The molecule has 0 saturated carbocycles. The van der Waals surface area contributed by atoms with Gasteiger partial charge in [0.2, 0.25) is 31.9 Å². The van der Waals surface area contributed by atoms with Crippen LogP contribution in [0.25, 0.3) is 22.3 Å². The van der Waals surface area contributed by atoms with Crippen molar-refractivity contribution < 1.29 is 35.5 Å². The number of aromatic nitrogens is 2. The van der Waals surface area contributed by atoms with Gasteiger partial charge in [-0.05, 0) is 94.5 Å². The van der Waals surface area contributed by atoms with E-state index in [1.54, 1.807) is 4.90 Å². The SMILES string of the molecule is Cc1noc(C)c1-c1ccc(N[C@@H]2CCN(S(C)(=O)=O)C2)c(N)c1.Cc1noc(C)c1-c1ccc(N[C@@H]2CCN(S(C)(=O)=O)C2)c(NC(=O)C2CCC(=O)N2c2ccccc2)c1. The normalized spacial score (nSPS) is 19.7. The minimum Gasteiger partial charge on any atom is -0.397 e. The Kier molecular flexibility index (Phi) is 12.8. The second-order valence-corrected chi connectivity index (χ2v) is 20.1. The molecule has 0 aliphatic carbocycles. The van der Waals surface area contributed by atoms with Crippen molar-refractivity contribution in [1.82, 2.24) is 18.9 Å². The van der Waals surface area contributed by atoms with E-state index in [0.717, 1.165) is 51.5 Å². The van der Waals surface area contributed by atoms with Crippen molar-refractivity contribution >= 4 is 60.3 Å². The first-order valence-corrected chi connectivity index (χ1v) is 24.1. The molecule has 1 unspecified atom stereocenters. The average Bonchev–Trinajstić information content (AvgIpc) is 4.07. The zero-order valence-corrected chi connectivity index (χ0v) is 37.3. The van der Waals surface area contributed by atoms with E-state index in [9.17, 15) is 26.4 Å². The van der Waals surface area contributed by atoms with Gasteiger partial charge < -0.3 is 30.7 Å². The van der Waals surface area contributed by atoms with E-state index in [0.29, 0.717) is 74.0 Å². The van der Waals surface area contributed by atoms with Crippen molar-refractivity contribution in [3.63, 3.8) is 0 Å². The van der Waals surface area contributed by atoms with Crippen molar-refractivity contribution in [2.75, 3.05) is 65.3 Å². The first-order valence-electron chi connectivity index (χ1n) is 20.4. The predicted octanol–water partition coefficient (Wildman–Crippen LogP) is 5.52. The van der Waals surface area contributed by atoms with Gasteiger partial charge in [-0.1, -0.05) is 40.6 Å². The Morgan fingerprint density at radius 2 is 1.23 bits per heavy atom. The van der Waals surface area contributed by atoms with Gasteiger partial charge in [-0.2, -0.15) is 0 Å². The highest BCUT2D eigenvalue weighted by atomic mass is 32.2. The van der Waals surface area contributed by atoms with Crippen molar-refractivity contribution in [3.05, 3.63) is 89.6 Å². The van der Waals surface area contributed by atoms with Gasteiger partial charge in [-0.3, -0.25) is 14.5 Å². The van der Waals surface area contributed by atoms with Gasteiger partial charge in [0.15, 0.2) is 0 Å². The van der Waals surface area contributed by atoms with Crippen molar-refractivity contribution in [2.45, 2.75) is 71.5 Å². The fourth-order valence-electron chi connectivity index (χ4n) is 8.36. The topological polar surface area (TPSA) is 226 Å². The average molecular weight is 888 g/mol.